The van der Waals surface area contributed by atoms with Gasteiger partial charge in [-0.25, -0.2) is 0 Å². The first-order valence-electron chi connectivity index (χ1n) is 6.18. The number of hydrogen-bond acceptors (Lipinski definition) is 4. The third kappa shape index (κ3) is 3.96. The van der Waals surface area contributed by atoms with Gasteiger partial charge < -0.3 is 21.1 Å². The Bertz CT molecular complexity index is 453. The van der Waals surface area contributed by atoms with E-state index in [0.717, 1.165) is 19.5 Å². The maximum absolute atomic E-state index is 11.9. The van der Waals surface area contributed by atoms with E-state index in [4.69, 9.17) is 10.5 Å². The predicted octanol–water partition coefficient (Wildman–Crippen LogP) is 0.0987. The SMILES string of the molecule is NC(=O)COc1ccc(NC(=O)C2CCNC2)cc1. The Balaban J connectivity index is 1.87. The van der Waals surface area contributed by atoms with E-state index in [1.165, 1.54) is 0 Å². The summed E-state index contributed by atoms with van der Waals surface area (Å²) in [4.78, 5) is 22.4. The van der Waals surface area contributed by atoms with Crippen LogP contribution in [0.15, 0.2) is 24.3 Å². The molecule has 0 aliphatic carbocycles. The van der Waals surface area contributed by atoms with Gasteiger partial charge in [0.2, 0.25) is 5.91 Å². The first kappa shape index (κ1) is 13.4. The summed E-state index contributed by atoms with van der Waals surface area (Å²) in [5.74, 6) is 0.0760. The molecular weight excluding hydrogens is 246 g/mol. The van der Waals surface area contributed by atoms with Crippen LogP contribution in [-0.4, -0.2) is 31.5 Å². The van der Waals surface area contributed by atoms with Crippen molar-refractivity contribution in [2.75, 3.05) is 25.0 Å². The highest BCUT2D eigenvalue weighted by Gasteiger charge is 2.22. The fourth-order valence-corrected chi connectivity index (χ4v) is 1.91. The molecule has 1 unspecified atom stereocenters. The maximum atomic E-state index is 11.9. The summed E-state index contributed by atoms with van der Waals surface area (Å²) in [6.07, 6.45) is 0.867. The number of carbonyl (C=O) groups is 2. The van der Waals surface area contributed by atoms with E-state index in [2.05, 4.69) is 10.6 Å². The molecule has 1 aliphatic heterocycles. The number of rotatable bonds is 5. The van der Waals surface area contributed by atoms with Gasteiger partial charge in [-0.2, -0.15) is 0 Å². The van der Waals surface area contributed by atoms with Crippen molar-refractivity contribution in [2.45, 2.75) is 6.42 Å². The summed E-state index contributed by atoms with van der Waals surface area (Å²) in [7, 11) is 0. The number of carbonyl (C=O) groups excluding carboxylic acids is 2. The minimum absolute atomic E-state index is 0.0239. The van der Waals surface area contributed by atoms with Crippen molar-refractivity contribution in [3.8, 4) is 5.75 Å². The predicted molar refractivity (Wildman–Crippen MR) is 70.7 cm³/mol. The van der Waals surface area contributed by atoms with Gasteiger partial charge in [0.1, 0.15) is 5.75 Å². The van der Waals surface area contributed by atoms with Crippen LogP contribution >= 0.6 is 0 Å². The van der Waals surface area contributed by atoms with Crippen molar-refractivity contribution >= 4 is 17.5 Å². The smallest absolute Gasteiger partial charge is 0.255 e. The molecule has 102 valence electrons. The minimum Gasteiger partial charge on any atom is -0.484 e. The topological polar surface area (TPSA) is 93.5 Å². The highest BCUT2D eigenvalue weighted by Crippen LogP contribution is 2.17. The van der Waals surface area contributed by atoms with E-state index in [1.807, 2.05) is 0 Å². The zero-order chi connectivity index (χ0) is 13.7. The fraction of sp³-hybridized carbons (Fsp3) is 0.385. The van der Waals surface area contributed by atoms with Crippen molar-refractivity contribution < 1.29 is 14.3 Å². The summed E-state index contributed by atoms with van der Waals surface area (Å²) >= 11 is 0. The number of benzene rings is 1. The Hall–Kier alpha value is -2.08. The lowest BCUT2D eigenvalue weighted by molar-refractivity contribution is -0.120. The second kappa shape index (κ2) is 6.19. The monoisotopic (exact) mass is 263 g/mol. The Labute approximate surface area is 111 Å². The van der Waals surface area contributed by atoms with Crippen molar-refractivity contribution in [1.29, 1.82) is 0 Å². The largest absolute Gasteiger partial charge is 0.484 e. The van der Waals surface area contributed by atoms with Gasteiger partial charge in [-0.3, -0.25) is 9.59 Å². The van der Waals surface area contributed by atoms with Crippen molar-refractivity contribution in [2.24, 2.45) is 11.7 Å². The van der Waals surface area contributed by atoms with E-state index in [9.17, 15) is 9.59 Å². The Morgan fingerprint density at radius 3 is 2.68 bits per heavy atom. The molecule has 1 fully saturated rings. The van der Waals surface area contributed by atoms with Gasteiger partial charge in [-0.15, -0.1) is 0 Å². The normalized spacial score (nSPS) is 18.0. The molecule has 1 aromatic rings. The molecule has 0 saturated carbocycles. The lowest BCUT2D eigenvalue weighted by Gasteiger charge is -2.10. The zero-order valence-electron chi connectivity index (χ0n) is 10.5. The number of hydrogen-bond donors (Lipinski definition) is 3. The van der Waals surface area contributed by atoms with Crippen LogP contribution in [0.1, 0.15) is 6.42 Å². The van der Waals surface area contributed by atoms with Crippen LogP contribution < -0.4 is 21.1 Å². The van der Waals surface area contributed by atoms with E-state index < -0.39 is 5.91 Å². The maximum Gasteiger partial charge on any atom is 0.255 e. The quantitative estimate of drug-likeness (QED) is 0.702. The average Bonchev–Trinajstić information content (AvgIpc) is 2.92. The summed E-state index contributed by atoms with van der Waals surface area (Å²) < 4.78 is 5.13. The Morgan fingerprint density at radius 2 is 2.11 bits per heavy atom. The molecule has 0 aromatic heterocycles. The summed E-state index contributed by atoms with van der Waals surface area (Å²) in [5.41, 5.74) is 5.69. The number of nitrogens with two attached hydrogens (primary N) is 1. The highest BCUT2D eigenvalue weighted by molar-refractivity contribution is 5.92. The molecule has 1 saturated heterocycles. The molecule has 19 heavy (non-hydrogen) atoms. The molecule has 4 N–H and O–H groups in total. The Kier molecular flexibility index (Phi) is 4.35. The molecule has 6 nitrogen and oxygen atoms in total. The first-order chi connectivity index (χ1) is 9.15. The number of ether oxygens (including phenoxy) is 1. The number of amides is 2. The van der Waals surface area contributed by atoms with Gasteiger partial charge in [0.25, 0.3) is 5.91 Å². The van der Waals surface area contributed by atoms with Crippen molar-refractivity contribution in [3.05, 3.63) is 24.3 Å². The van der Waals surface area contributed by atoms with Crippen LogP contribution in [0.3, 0.4) is 0 Å². The molecule has 2 rings (SSSR count). The molecule has 1 atom stereocenters. The number of anilines is 1. The van der Waals surface area contributed by atoms with Gasteiger partial charge in [-0.05, 0) is 37.2 Å². The second-order valence-corrected chi connectivity index (χ2v) is 4.46. The molecule has 1 heterocycles. The summed E-state index contributed by atoms with van der Waals surface area (Å²) in [6, 6.07) is 6.84. The van der Waals surface area contributed by atoms with Gasteiger partial charge >= 0.3 is 0 Å². The zero-order valence-corrected chi connectivity index (χ0v) is 10.5. The lowest BCUT2D eigenvalue weighted by atomic mass is 10.1. The highest BCUT2D eigenvalue weighted by atomic mass is 16.5. The van der Waals surface area contributed by atoms with Crippen LogP contribution in [0.25, 0.3) is 0 Å². The van der Waals surface area contributed by atoms with E-state index in [0.29, 0.717) is 11.4 Å². The molecule has 0 bridgehead atoms. The van der Waals surface area contributed by atoms with Gasteiger partial charge in [0.15, 0.2) is 6.61 Å². The molecule has 1 aliphatic rings. The third-order valence-corrected chi connectivity index (χ3v) is 2.93. The van der Waals surface area contributed by atoms with Gasteiger partial charge in [0, 0.05) is 12.2 Å². The van der Waals surface area contributed by atoms with Crippen LogP contribution in [0.2, 0.25) is 0 Å². The van der Waals surface area contributed by atoms with Crippen molar-refractivity contribution in [1.82, 2.24) is 5.32 Å². The number of nitrogens with one attached hydrogen (secondary N) is 2. The van der Waals surface area contributed by atoms with Gasteiger partial charge in [-0.1, -0.05) is 0 Å². The Morgan fingerprint density at radius 1 is 1.37 bits per heavy atom. The van der Waals surface area contributed by atoms with Crippen LogP contribution in [-0.2, 0) is 9.59 Å². The van der Waals surface area contributed by atoms with E-state index in [1.54, 1.807) is 24.3 Å². The van der Waals surface area contributed by atoms with Crippen LogP contribution in [0, 0.1) is 5.92 Å². The molecule has 2 amide bonds. The molecular formula is C13H17N3O3. The second-order valence-electron chi connectivity index (χ2n) is 4.46. The van der Waals surface area contributed by atoms with E-state index in [-0.39, 0.29) is 18.4 Å². The standard InChI is InChI=1S/C13H17N3O3/c14-12(17)8-19-11-3-1-10(2-4-11)16-13(18)9-5-6-15-7-9/h1-4,9,15H,5-8H2,(H2,14,17)(H,16,18). The van der Waals surface area contributed by atoms with Crippen molar-refractivity contribution in [3.63, 3.8) is 0 Å². The summed E-state index contributed by atoms with van der Waals surface area (Å²) in [5, 5.41) is 6.00. The molecule has 0 radical (unpaired) electrons. The first-order valence-corrected chi connectivity index (χ1v) is 6.18. The molecule has 6 heteroatoms. The minimum atomic E-state index is -0.522. The molecule has 0 spiro atoms. The van der Waals surface area contributed by atoms with Gasteiger partial charge in [0.05, 0.1) is 5.92 Å². The van der Waals surface area contributed by atoms with E-state index >= 15 is 0 Å². The summed E-state index contributed by atoms with van der Waals surface area (Å²) in [6.45, 7) is 1.46. The number of primary amides is 1. The van der Waals surface area contributed by atoms with Crippen LogP contribution in [0.5, 0.6) is 5.75 Å². The van der Waals surface area contributed by atoms with Crippen LogP contribution in [0.4, 0.5) is 5.69 Å². The molecule has 1 aromatic carbocycles. The average molecular weight is 263 g/mol. The lowest BCUT2D eigenvalue weighted by Crippen LogP contribution is -2.24. The fourth-order valence-electron chi connectivity index (χ4n) is 1.91. The third-order valence-electron chi connectivity index (χ3n) is 2.93.